The molecule has 3 nitrogen and oxygen atoms in total. The van der Waals surface area contributed by atoms with Crippen LogP contribution in [0.25, 0.3) is 0 Å². The quantitative estimate of drug-likeness (QED) is 0.833. The van der Waals surface area contributed by atoms with Gasteiger partial charge >= 0.3 is 0 Å². The number of hydrogen-bond donors (Lipinski definition) is 2. The summed E-state index contributed by atoms with van der Waals surface area (Å²) < 4.78 is 6.40. The Morgan fingerprint density at radius 1 is 0.619 bits per heavy atom. The average Bonchev–Trinajstić information content (AvgIpc) is 2.38. The van der Waals surface area contributed by atoms with Crippen LogP contribution in [0.2, 0.25) is 0 Å². The molecule has 0 aliphatic heterocycles. The molecular weight excluding hydrogens is 260 g/mol. The van der Waals surface area contributed by atoms with E-state index in [1.165, 1.54) is 0 Å². The largest absolute Gasteiger partial charge is 0.399 e. The molecule has 21 heavy (non-hydrogen) atoms. The van der Waals surface area contributed by atoms with Crippen LogP contribution < -0.4 is 11.5 Å². The predicted octanol–water partition coefficient (Wildman–Crippen LogP) is 4.04. The van der Waals surface area contributed by atoms with Gasteiger partial charge in [-0.1, -0.05) is 24.3 Å². The Morgan fingerprint density at radius 2 is 0.905 bits per heavy atom. The van der Waals surface area contributed by atoms with Gasteiger partial charge in [-0.25, -0.2) is 0 Å². The second-order valence-electron chi connectivity index (χ2n) is 6.37. The Morgan fingerprint density at radius 3 is 1.19 bits per heavy atom. The third-order valence-electron chi connectivity index (χ3n) is 3.72. The highest BCUT2D eigenvalue weighted by Gasteiger charge is 2.31. The number of rotatable bonds is 4. The van der Waals surface area contributed by atoms with E-state index >= 15 is 0 Å². The lowest BCUT2D eigenvalue weighted by molar-refractivity contribution is -0.132. The number of hydrogen-bond acceptors (Lipinski definition) is 3. The summed E-state index contributed by atoms with van der Waals surface area (Å²) in [5.41, 5.74) is 14.4. The fourth-order valence-corrected chi connectivity index (χ4v) is 2.52. The first kappa shape index (κ1) is 15.4. The van der Waals surface area contributed by atoms with Crippen LogP contribution in [-0.2, 0) is 15.9 Å². The molecule has 0 aliphatic carbocycles. The normalized spacial score (nSPS) is 12.4. The summed E-state index contributed by atoms with van der Waals surface area (Å²) in [7, 11) is 0. The molecule has 0 aliphatic rings. The molecule has 0 amide bonds. The Labute approximate surface area is 126 Å². The first-order valence-corrected chi connectivity index (χ1v) is 7.13. The van der Waals surface area contributed by atoms with Gasteiger partial charge in [-0.3, -0.25) is 0 Å². The van der Waals surface area contributed by atoms with Crippen molar-refractivity contribution in [2.45, 2.75) is 38.9 Å². The van der Waals surface area contributed by atoms with Crippen molar-refractivity contribution < 1.29 is 4.74 Å². The maximum absolute atomic E-state index is 6.40. The Bertz CT molecular complexity index is 543. The van der Waals surface area contributed by atoms with Crippen LogP contribution >= 0.6 is 0 Å². The lowest BCUT2D eigenvalue weighted by atomic mass is 9.93. The molecule has 112 valence electrons. The second-order valence-corrected chi connectivity index (χ2v) is 6.37. The lowest BCUT2D eigenvalue weighted by Crippen LogP contribution is -2.33. The van der Waals surface area contributed by atoms with Crippen LogP contribution in [0.5, 0.6) is 0 Å². The minimum Gasteiger partial charge on any atom is -0.399 e. The molecule has 0 fully saturated rings. The molecule has 4 N–H and O–H groups in total. The first-order valence-electron chi connectivity index (χ1n) is 7.13. The zero-order valence-electron chi connectivity index (χ0n) is 13.2. The minimum atomic E-state index is -0.418. The van der Waals surface area contributed by atoms with E-state index in [2.05, 4.69) is 27.7 Å². The van der Waals surface area contributed by atoms with Crippen LogP contribution in [0.3, 0.4) is 0 Å². The van der Waals surface area contributed by atoms with Gasteiger partial charge in [-0.2, -0.15) is 0 Å². The van der Waals surface area contributed by atoms with Gasteiger partial charge in [0.1, 0.15) is 0 Å². The average molecular weight is 284 g/mol. The van der Waals surface area contributed by atoms with E-state index in [1.54, 1.807) is 0 Å². The predicted molar refractivity (Wildman–Crippen MR) is 88.8 cm³/mol. The first-order chi connectivity index (χ1) is 9.71. The minimum absolute atomic E-state index is 0.418. The van der Waals surface area contributed by atoms with E-state index in [0.29, 0.717) is 0 Å². The SMILES string of the molecule is CC(C)(OC(C)(C)c1ccc(N)cc1)c1ccc(N)cc1. The summed E-state index contributed by atoms with van der Waals surface area (Å²) in [6.07, 6.45) is 0. The Hall–Kier alpha value is -2.00. The highest BCUT2D eigenvalue weighted by atomic mass is 16.5. The maximum Gasteiger partial charge on any atom is 0.0887 e. The number of nitrogens with two attached hydrogens (primary N) is 2. The van der Waals surface area contributed by atoms with E-state index < -0.39 is 11.2 Å². The molecule has 0 radical (unpaired) electrons. The molecule has 2 aromatic rings. The van der Waals surface area contributed by atoms with E-state index in [-0.39, 0.29) is 0 Å². The number of nitrogen functional groups attached to an aromatic ring is 2. The van der Waals surface area contributed by atoms with E-state index in [9.17, 15) is 0 Å². The fraction of sp³-hybridized carbons (Fsp3) is 0.333. The van der Waals surface area contributed by atoms with Crippen molar-refractivity contribution in [3.05, 3.63) is 59.7 Å². The lowest BCUT2D eigenvalue weighted by Gasteiger charge is -2.37. The molecule has 3 heteroatoms. The van der Waals surface area contributed by atoms with Gasteiger partial charge in [0.25, 0.3) is 0 Å². The monoisotopic (exact) mass is 284 g/mol. The van der Waals surface area contributed by atoms with Gasteiger partial charge in [-0.15, -0.1) is 0 Å². The second kappa shape index (κ2) is 5.41. The topological polar surface area (TPSA) is 61.3 Å². The van der Waals surface area contributed by atoms with E-state index in [1.807, 2.05) is 48.5 Å². The van der Waals surface area contributed by atoms with Crippen molar-refractivity contribution in [1.82, 2.24) is 0 Å². The fourth-order valence-electron chi connectivity index (χ4n) is 2.52. The molecule has 0 heterocycles. The van der Waals surface area contributed by atoms with E-state index in [0.717, 1.165) is 22.5 Å². The van der Waals surface area contributed by atoms with Crippen LogP contribution in [0.1, 0.15) is 38.8 Å². The molecule has 0 bridgehead atoms. The number of benzene rings is 2. The van der Waals surface area contributed by atoms with E-state index in [4.69, 9.17) is 16.2 Å². The summed E-state index contributed by atoms with van der Waals surface area (Å²) in [5.74, 6) is 0. The number of anilines is 2. The van der Waals surface area contributed by atoms with Crippen molar-refractivity contribution in [2.24, 2.45) is 0 Å². The standard InChI is InChI=1S/C18H24N2O/c1-17(2,13-5-9-15(19)10-6-13)21-18(3,4)14-7-11-16(20)12-8-14/h5-12H,19-20H2,1-4H3. The van der Waals surface area contributed by atoms with Crippen molar-refractivity contribution in [3.8, 4) is 0 Å². The molecular formula is C18H24N2O. The van der Waals surface area contributed by atoms with Crippen LogP contribution in [0, 0.1) is 0 Å². The van der Waals surface area contributed by atoms with Crippen LogP contribution in [-0.4, -0.2) is 0 Å². The third-order valence-corrected chi connectivity index (χ3v) is 3.72. The van der Waals surface area contributed by atoms with Gasteiger partial charge in [0.05, 0.1) is 11.2 Å². The molecule has 0 spiro atoms. The maximum atomic E-state index is 6.40. The molecule has 0 unspecified atom stereocenters. The highest BCUT2D eigenvalue weighted by Crippen LogP contribution is 2.36. The molecule has 2 aromatic carbocycles. The van der Waals surface area contributed by atoms with Crippen molar-refractivity contribution in [3.63, 3.8) is 0 Å². The summed E-state index contributed by atoms with van der Waals surface area (Å²) in [4.78, 5) is 0. The Kier molecular flexibility index (Phi) is 3.97. The van der Waals surface area contributed by atoms with Gasteiger partial charge in [-0.05, 0) is 63.1 Å². The summed E-state index contributed by atoms with van der Waals surface area (Å²) in [5, 5.41) is 0. The third kappa shape index (κ3) is 3.56. The Balaban J connectivity index is 2.25. The zero-order valence-corrected chi connectivity index (χ0v) is 13.2. The van der Waals surface area contributed by atoms with Gasteiger partial charge in [0.2, 0.25) is 0 Å². The molecule has 0 aromatic heterocycles. The van der Waals surface area contributed by atoms with Crippen molar-refractivity contribution >= 4 is 11.4 Å². The molecule has 0 saturated heterocycles. The van der Waals surface area contributed by atoms with Crippen molar-refractivity contribution in [1.29, 1.82) is 0 Å². The summed E-state index contributed by atoms with van der Waals surface area (Å²) >= 11 is 0. The van der Waals surface area contributed by atoms with Gasteiger partial charge in [0.15, 0.2) is 0 Å². The molecule has 0 atom stereocenters. The van der Waals surface area contributed by atoms with Gasteiger partial charge in [0, 0.05) is 11.4 Å². The highest BCUT2D eigenvalue weighted by molar-refractivity contribution is 5.42. The molecule has 2 rings (SSSR count). The number of ether oxygens (including phenoxy) is 1. The van der Waals surface area contributed by atoms with Crippen LogP contribution in [0.15, 0.2) is 48.5 Å². The zero-order chi connectivity index (χ0) is 15.7. The smallest absolute Gasteiger partial charge is 0.0887 e. The van der Waals surface area contributed by atoms with Crippen LogP contribution in [0.4, 0.5) is 11.4 Å². The van der Waals surface area contributed by atoms with Crippen molar-refractivity contribution in [2.75, 3.05) is 11.5 Å². The molecule has 0 saturated carbocycles. The summed E-state index contributed by atoms with van der Waals surface area (Å²) in [6.45, 7) is 8.27. The summed E-state index contributed by atoms with van der Waals surface area (Å²) in [6, 6.07) is 15.6. The van der Waals surface area contributed by atoms with Gasteiger partial charge < -0.3 is 16.2 Å².